The van der Waals surface area contributed by atoms with Gasteiger partial charge in [-0.05, 0) is 112 Å². The van der Waals surface area contributed by atoms with Crippen LogP contribution in [0.5, 0.6) is 5.75 Å². The molecule has 0 aliphatic heterocycles. The third-order valence-corrected chi connectivity index (χ3v) is 18.4. The molecular formula is C34H58OSi. The summed E-state index contributed by atoms with van der Waals surface area (Å²) >= 11 is 0. The Labute approximate surface area is 225 Å². The van der Waals surface area contributed by atoms with Gasteiger partial charge in [-0.2, -0.15) is 0 Å². The highest BCUT2D eigenvalue weighted by atomic mass is 28.4. The van der Waals surface area contributed by atoms with Crippen LogP contribution in [0.3, 0.4) is 0 Å². The van der Waals surface area contributed by atoms with Crippen LogP contribution in [0.15, 0.2) is 18.2 Å². The van der Waals surface area contributed by atoms with Crippen molar-refractivity contribution in [2.45, 2.75) is 150 Å². The van der Waals surface area contributed by atoms with Crippen LogP contribution in [-0.2, 0) is 11.8 Å². The number of benzene rings is 1. The van der Waals surface area contributed by atoms with Crippen molar-refractivity contribution in [3.8, 4) is 5.75 Å². The Morgan fingerprint density at radius 2 is 1.53 bits per heavy atom. The van der Waals surface area contributed by atoms with Crippen LogP contribution in [0.4, 0.5) is 0 Å². The normalized spacial score (nSPS) is 32.5. The first-order valence-corrected chi connectivity index (χ1v) is 17.3. The Kier molecular flexibility index (Phi) is 6.97. The Bertz CT molecular complexity index is 946. The zero-order valence-electron chi connectivity index (χ0n) is 26.0. The molecular weight excluding hydrogens is 452 g/mol. The molecule has 0 bridgehead atoms. The Balaban J connectivity index is 1.71. The van der Waals surface area contributed by atoms with E-state index in [2.05, 4.69) is 101 Å². The SMILES string of the molecule is CC(C)C[Si](Oc1ccc2c(c1)CC[C@@H]1[C@@]3(C)CCCC(C)(C)[C@@H]3CC[C@@]21C)(C(C)(C)C)C(C)(C)C. The van der Waals surface area contributed by atoms with E-state index in [0.29, 0.717) is 22.2 Å². The van der Waals surface area contributed by atoms with E-state index in [1.807, 2.05) is 0 Å². The lowest BCUT2D eigenvalue weighted by molar-refractivity contribution is -0.110. The molecule has 36 heavy (non-hydrogen) atoms. The van der Waals surface area contributed by atoms with Crippen molar-refractivity contribution in [1.82, 2.24) is 0 Å². The van der Waals surface area contributed by atoms with Crippen LogP contribution in [0.2, 0.25) is 16.1 Å². The molecule has 2 heteroatoms. The van der Waals surface area contributed by atoms with Gasteiger partial charge in [-0.15, -0.1) is 0 Å². The molecule has 4 atom stereocenters. The fourth-order valence-corrected chi connectivity index (χ4v) is 16.0. The molecule has 0 radical (unpaired) electrons. The van der Waals surface area contributed by atoms with Crippen LogP contribution in [0, 0.1) is 28.6 Å². The lowest BCUT2D eigenvalue weighted by Crippen LogP contribution is -2.58. The van der Waals surface area contributed by atoms with Crippen LogP contribution in [-0.4, -0.2) is 8.32 Å². The quantitative estimate of drug-likeness (QED) is 0.366. The van der Waals surface area contributed by atoms with E-state index in [1.54, 1.807) is 11.1 Å². The van der Waals surface area contributed by atoms with E-state index in [1.165, 1.54) is 51.0 Å². The van der Waals surface area contributed by atoms with Crippen LogP contribution < -0.4 is 4.43 Å². The molecule has 0 N–H and O–H groups in total. The van der Waals surface area contributed by atoms with Crippen molar-refractivity contribution < 1.29 is 4.43 Å². The van der Waals surface area contributed by atoms with Gasteiger partial charge in [0.2, 0.25) is 0 Å². The molecule has 0 unspecified atom stereocenters. The predicted molar refractivity (Wildman–Crippen MR) is 160 cm³/mol. The Morgan fingerprint density at radius 3 is 2.11 bits per heavy atom. The summed E-state index contributed by atoms with van der Waals surface area (Å²) in [4.78, 5) is 0. The first-order chi connectivity index (χ1) is 16.4. The smallest absolute Gasteiger partial charge is 0.262 e. The highest BCUT2D eigenvalue weighted by Gasteiger charge is 2.60. The van der Waals surface area contributed by atoms with E-state index in [9.17, 15) is 0 Å². The van der Waals surface area contributed by atoms with Crippen LogP contribution >= 0.6 is 0 Å². The second kappa shape index (κ2) is 8.89. The Hall–Kier alpha value is -0.763. The van der Waals surface area contributed by atoms with Gasteiger partial charge in [0.15, 0.2) is 0 Å². The molecule has 204 valence electrons. The third-order valence-electron chi connectivity index (χ3n) is 11.6. The molecule has 0 spiro atoms. The van der Waals surface area contributed by atoms with E-state index in [-0.39, 0.29) is 10.1 Å². The lowest BCUT2D eigenvalue weighted by atomic mass is 9.40. The van der Waals surface area contributed by atoms with E-state index >= 15 is 0 Å². The molecule has 1 aromatic carbocycles. The average molecular weight is 511 g/mol. The molecule has 0 aromatic heterocycles. The molecule has 3 aliphatic carbocycles. The molecule has 3 aliphatic rings. The zero-order valence-corrected chi connectivity index (χ0v) is 27.0. The minimum atomic E-state index is -2.15. The summed E-state index contributed by atoms with van der Waals surface area (Å²) in [5.74, 6) is 3.47. The summed E-state index contributed by atoms with van der Waals surface area (Å²) in [7, 11) is -2.15. The second-order valence-electron chi connectivity index (χ2n) is 16.8. The predicted octanol–water partition coefficient (Wildman–Crippen LogP) is 10.7. The molecule has 0 amide bonds. The van der Waals surface area contributed by atoms with E-state index in [0.717, 1.165) is 17.6 Å². The molecule has 2 fully saturated rings. The minimum Gasteiger partial charge on any atom is -0.542 e. The third kappa shape index (κ3) is 4.34. The van der Waals surface area contributed by atoms with E-state index < -0.39 is 8.32 Å². The number of fused-ring (bicyclic) bond motifs is 5. The maximum absolute atomic E-state index is 7.35. The van der Waals surface area contributed by atoms with E-state index in [4.69, 9.17) is 4.43 Å². The van der Waals surface area contributed by atoms with Gasteiger partial charge in [-0.1, -0.05) is 95.6 Å². The molecule has 1 nitrogen and oxygen atoms in total. The molecule has 0 saturated heterocycles. The number of hydrogen-bond acceptors (Lipinski definition) is 1. The summed E-state index contributed by atoms with van der Waals surface area (Å²) in [6.45, 7) is 29.8. The highest BCUT2D eigenvalue weighted by Crippen LogP contribution is 2.67. The summed E-state index contributed by atoms with van der Waals surface area (Å²) in [5.41, 5.74) is 4.52. The van der Waals surface area contributed by atoms with Crippen molar-refractivity contribution in [2.24, 2.45) is 28.6 Å². The van der Waals surface area contributed by atoms with Gasteiger partial charge < -0.3 is 4.43 Å². The standard InChI is InChI=1S/C34H58OSi/c1-24(2)23-36(30(3,4)5,31(6,7)8)35-26-15-16-27-25(22-26)14-17-29-33(27,11)21-18-28-32(9,10)19-13-20-34(28,29)12/h15-16,22,24,28-29H,13-14,17-21,23H2,1-12H3/t28-,29-,33-,34-/m0/s1. The number of hydrogen-bond donors (Lipinski definition) is 0. The molecule has 1 aromatic rings. The van der Waals surface area contributed by atoms with Crippen molar-refractivity contribution >= 4 is 8.32 Å². The van der Waals surface area contributed by atoms with Crippen LogP contribution in [0.1, 0.15) is 133 Å². The van der Waals surface area contributed by atoms with Gasteiger partial charge in [0.05, 0.1) is 0 Å². The minimum absolute atomic E-state index is 0.170. The van der Waals surface area contributed by atoms with Crippen molar-refractivity contribution in [2.75, 3.05) is 0 Å². The summed E-state index contributed by atoms with van der Waals surface area (Å²) in [6.07, 6.45) is 9.57. The second-order valence-corrected chi connectivity index (χ2v) is 22.1. The Morgan fingerprint density at radius 1 is 0.889 bits per heavy atom. The first-order valence-electron chi connectivity index (χ1n) is 15.2. The maximum atomic E-state index is 7.35. The van der Waals surface area contributed by atoms with Gasteiger partial charge >= 0.3 is 0 Å². The topological polar surface area (TPSA) is 9.23 Å². The van der Waals surface area contributed by atoms with Gasteiger partial charge in [0.1, 0.15) is 5.75 Å². The monoisotopic (exact) mass is 510 g/mol. The van der Waals surface area contributed by atoms with Gasteiger partial charge in [0.25, 0.3) is 8.32 Å². The molecule has 0 heterocycles. The maximum Gasteiger partial charge on any atom is 0.262 e. The van der Waals surface area contributed by atoms with Gasteiger partial charge in [-0.25, -0.2) is 0 Å². The fourth-order valence-electron chi connectivity index (χ4n) is 10.2. The summed E-state index contributed by atoms with van der Waals surface area (Å²) in [6, 6.07) is 8.56. The van der Waals surface area contributed by atoms with Crippen molar-refractivity contribution in [3.05, 3.63) is 29.3 Å². The number of rotatable bonds is 4. The fraction of sp³-hybridized carbons (Fsp3) is 0.824. The summed E-state index contributed by atoms with van der Waals surface area (Å²) in [5, 5.41) is 0.340. The zero-order chi connectivity index (χ0) is 26.9. The summed E-state index contributed by atoms with van der Waals surface area (Å²) < 4.78 is 7.35. The number of aryl methyl sites for hydroxylation is 1. The average Bonchev–Trinajstić information content (AvgIpc) is 2.70. The van der Waals surface area contributed by atoms with Gasteiger partial charge in [-0.3, -0.25) is 0 Å². The van der Waals surface area contributed by atoms with Crippen LogP contribution in [0.25, 0.3) is 0 Å². The van der Waals surface area contributed by atoms with Crippen molar-refractivity contribution in [1.29, 1.82) is 0 Å². The first kappa shape index (κ1) is 28.3. The lowest BCUT2D eigenvalue weighted by Gasteiger charge is -2.64. The molecule has 4 rings (SSSR count). The van der Waals surface area contributed by atoms with Gasteiger partial charge in [0, 0.05) is 0 Å². The van der Waals surface area contributed by atoms with Crippen molar-refractivity contribution in [3.63, 3.8) is 0 Å². The largest absolute Gasteiger partial charge is 0.542 e. The highest BCUT2D eigenvalue weighted by molar-refractivity contribution is 6.80. The molecule has 2 saturated carbocycles.